The van der Waals surface area contributed by atoms with E-state index in [1.54, 1.807) is 0 Å². The highest BCUT2D eigenvalue weighted by Gasteiger charge is 2.25. The molecule has 0 bridgehead atoms. The molecule has 1 atom stereocenters. The van der Waals surface area contributed by atoms with E-state index < -0.39 is 0 Å². The molecule has 21 heavy (non-hydrogen) atoms. The van der Waals surface area contributed by atoms with Crippen LogP contribution in [0.25, 0.3) is 0 Å². The van der Waals surface area contributed by atoms with Gasteiger partial charge in [0.2, 0.25) is 0 Å². The zero-order valence-corrected chi connectivity index (χ0v) is 12.9. The molecule has 1 fully saturated rings. The number of hydrogen-bond donors (Lipinski definition) is 0. The first kappa shape index (κ1) is 14.3. The lowest BCUT2D eigenvalue weighted by Crippen LogP contribution is -2.28. The van der Waals surface area contributed by atoms with Crippen molar-refractivity contribution in [2.75, 3.05) is 6.54 Å². The van der Waals surface area contributed by atoms with Gasteiger partial charge in [-0.3, -0.25) is 9.88 Å². The lowest BCUT2D eigenvalue weighted by molar-refractivity contribution is 0.181. The number of pyridine rings is 1. The van der Waals surface area contributed by atoms with Crippen molar-refractivity contribution in [3.63, 3.8) is 0 Å². The van der Waals surface area contributed by atoms with Gasteiger partial charge in [-0.05, 0) is 45.4 Å². The number of nitrogens with zero attached hydrogens (tertiary/aromatic N) is 3. The Bertz CT molecular complexity index is 593. The van der Waals surface area contributed by atoms with Crippen LogP contribution in [0.2, 0.25) is 0 Å². The molecule has 2 aromatic heterocycles. The fourth-order valence-electron chi connectivity index (χ4n) is 3.13. The number of aryl methyl sites for hydroxylation is 2. The van der Waals surface area contributed by atoms with E-state index in [-0.39, 0.29) is 0 Å². The van der Waals surface area contributed by atoms with Gasteiger partial charge in [0, 0.05) is 18.3 Å². The zero-order chi connectivity index (χ0) is 14.7. The van der Waals surface area contributed by atoms with Gasteiger partial charge in [0.1, 0.15) is 11.5 Å². The van der Waals surface area contributed by atoms with E-state index in [1.165, 1.54) is 19.3 Å². The second-order valence-corrected chi connectivity index (χ2v) is 5.97. The van der Waals surface area contributed by atoms with E-state index >= 15 is 0 Å². The third-order valence-corrected chi connectivity index (χ3v) is 4.16. The van der Waals surface area contributed by atoms with Gasteiger partial charge in [-0.1, -0.05) is 24.1 Å². The number of rotatable bonds is 3. The predicted octanol–water partition coefficient (Wildman–Crippen LogP) is 3.80. The van der Waals surface area contributed by atoms with Gasteiger partial charge < -0.3 is 4.52 Å². The van der Waals surface area contributed by atoms with Crippen molar-refractivity contribution in [3.05, 3.63) is 47.1 Å². The Morgan fingerprint density at radius 3 is 2.90 bits per heavy atom. The summed E-state index contributed by atoms with van der Waals surface area (Å²) in [5.41, 5.74) is 3.29. The molecule has 0 radical (unpaired) electrons. The third-order valence-electron chi connectivity index (χ3n) is 4.16. The van der Waals surface area contributed by atoms with Crippen LogP contribution in [0.5, 0.6) is 0 Å². The molecule has 0 spiro atoms. The van der Waals surface area contributed by atoms with E-state index in [9.17, 15) is 0 Å². The second kappa shape index (κ2) is 6.39. The maximum Gasteiger partial charge on any atom is 0.133 e. The van der Waals surface area contributed by atoms with E-state index in [0.29, 0.717) is 6.04 Å². The highest BCUT2D eigenvalue weighted by Crippen LogP contribution is 2.30. The van der Waals surface area contributed by atoms with Crippen molar-refractivity contribution in [1.82, 2.24) is 15.0 Å². The molecular weight excluding hydrogens is 262 g/mol. The molecular formula is C17H23N3O. The second-order valence-electron chi connectivity index (χ2n) is 5.97. The molecule has 0 N–H and O–H groups in total. The fourth-order valence-corrected chi connectivity index (χ4v) is 3.13. The summed E-state index contributed by atoms with van der Waals surface area (Å²) in [4.78, 5) is 7.15. The first-order chi connectivity index (χ1) is 10.2. The van der Waals surface area contributed by atoms with Crippen LogP contribution in [0.3, 0.4) is 0 Å². The van der Waals surface area contributed by atoms with Gasteiger partial charge in [0.05, 0.1) is 11.7 Å². The third kappa shape index (κ3) is 3.50. The lowest BCUT2D eigenvalue weighted by Gasteiger charge is -2.28. The molecule has 1 aliphatic rings. The highest BCUT2D eigenvalue weighted by molar-refractivity contribution is 5.13. The minimum atomic E-state index is 0.354. The van der Waals surface area contributed by atoms with Gasteiger partial charge >= 0.3 is 0 Å². The van der Waals surface area contributed by atoms with E-state index in [1.807, 2.05) is 19.9 Å². The van der Waals surface area contributed by atoms with Gasteiger partial charge in [0.15, 0.2) is 0 Å². The van der Waals surface area contributed by atoms with Gasteiger partial charge in [-0.2, -0.15) is 0 Å². The summed E-state index contributed by atoms with van der Waals surface area (Å²) >= 11 is 0. The Morgan fingerprint density at radius 1 is 1.24 bits per heavy atom. The van der Waals surface area contributed by atoms with Crippen LogP contribution in [0.1, 0.15) is 54.6 Å². The topological polar surface area (TPSA) is 42.2 Å². The highest BCUT2D eigenvalue weighted by atomic mass is 16.5. The van der Waals surface area contributed by atoms with Gasteiger partial charge in [-0.25, -0.2) is 0 Å². The van der Waals surface area contributed by atoms with Crippen molar-refractivity contribution >= 4 is 0 Å². The van der Waals surface area contributed by atoms with Crippen LogP contribution in [-0.2, 0) is 6.54 Å². The summed E-state index contributed by atoms with van der Waals surface area (Å²) in [6, 6.07) is 8.68. The van der Waals surface area contributed by atoms with E-state index in [4.69, 9.17) is 4.52 Å². The Labute approximate surface area is 126 Å². The monoisotopic (exact) mass is 285 g/mol. The molecule has 0 aromatic carbocycles. The maximum atomic E-state index is 5.28. The Morgan fingerprint density at radius 2 is 2.14 bits per heavy atom. The van der Waals surface area contributed by atoms with Crippen LogP contribution in [0.15, 0.2) is 28.8 Å². The van der Waals surface area contributed by atoms with Crippen LogP contribution in [-0.4, -0.2) is 21.6 Å². The molecule has 3 heterocycles. The van der Waals surface area contributed by atoms with Gasteiger partial charge in [0.25, 0.3) is 0 Å². The molecule has 0 unspecified atom stereocenters. The van der Waals surface area contributed by atoms with E-state index in [2.05, 4.69) is 33.2 Å². The summed E-state index contributed by atoms with van der Waals surface area (Å²) in [6.45, 7) is 5.99. The summed E-state index contributed by atoms with van der Waals surface area (Å²) < 4.78 is 5.28. The minimum absolute atomic E-state index is 0.354. The SMILES string of the molecule is Cc1cccc(CN2CCCCC[C@@H]2c2cc(C)on2)n1. The molecule has 4 heteroatoms. The maximum absolute atomic E-state index is 5.28. The van der Waals surface area contributed by atoms with Crippen LogP contribution < -0.4 is 0 Å². The lowest BCUT2D eigenvalue weighted by atomic mass is 10.1. The number of aromatic nitrogens is 2. The molecule has 4 nitrogen and oxygen atoms in total. The molecule has 0 aliphatic carbocycles. The number of likely N-dealkylation sites (tertiary alicyclic amines) is 1. The average molecular weight is 285 g/mol. The largest absolute Gasteiger partial charge is 0.361 e. The average Bonchev–Trinajstić information content (AvgIpc) is 2.75. The first-order valence-corrected chi connectivity index (χ1v) is 7.82. The summed E-state index contributed by atoms with van der Waals surface area (Å²) in [5, 5.41) is 4.25. The quantitative estimate of drug-likeness (QED) is 0.860. The normalized spacial score (nSPS) is 20.4. The Kier molecular flexibility index (Phi) is 4.34. The van der Waals surface area contributed by atoms with Crippen LogP contribution in [0.4, 0.5) is 0 Å². The minimum Gasteiger partial charge on any atom is -0.361 e. The van der Waals surface area contributed by atoms with Gasteiger partial charge in [-0.15, -0.1) is 0 Å². The van der Waals surface area contributed by atoms with Crippen molar-refractivity contribution in [3.8, 4) is 0 Å². The molecule has 0 amide bonds. The predicted molar refractivity (Wildman–Crippen MR) is 81.8 cm³/mol. The van der Waals surface area contributed by atoms with Crippen LogP contribution >= 0.6 is 0 Å². The molecule has 3 rings (SSSR count). The zero-order valence-electron chi connectivity index (χ0n) is 12.9. The summed E-state index contributed by atoms with van der Waals surface area (Å²) in [6.07, 6.45) is 4.95. The number of hydrogen-bond acceptors (Lipinski definition) is 4. The standard InChI is InChI=1S/C17H23N3O/c1-13-7-6-8-15(18-13)12-20-10-5-3-4-9-17(20)16-11-14(2)21-19-16/h6-8,11,17H,3-5,9-10,12H2,1-2H3/t17-/m1/s1. The molecule has 112 valence electrons. The summed E-state index contributed by atoms with van der Waals surface area (Å²) in [7, 11) is 0. The molecule has 1 aliphatic heterocycles. The van der Waals surface area contributed by atoms with Crippen molar-refractivity contribution in [1.29, 1.82) is 0 Å². The van der Waals surface area contributed by atoms with Crippen molar-refractivity contribution in [2.45, 2.75) is 52.1 Å². The van der Waals surface area contributed by atoms with Crippen molar-refractivity contribution < 1.29 is 4.52 Å². The molecule has 1 saturated heterocycles. The molecule has 2 aromatic rings. The first-order valence-electron chi connectivity index (χ1n) is 7.82. The Balaban J connectivity index is 1.81. The smallest absolute Gasteiger partial charge is 0.133 e. The fraction of sp³-hybridized carbons (Fsp3) is 0.529. The Hall–Kier alpha value is -1.68. The van der Waals surface area contributed by atoms with Crippen LogP contribution in [0, 0.1) is 13.8 Å². The summed E-state index contributed by atoms with van der Waals surface area (Å²) in [5.74, 6) is 0.892. The molecule has 0 saturated carbocycles. The van der Waals surface area contributed by atoms with E-state index in [0.717, 1.165) is 42.4 Å². The van der Waals surface area contributed by atoms with Crippen molar-refractivity contribution in [2.24, 2.45) is 0 Å².